The van der Waals surface area contributed by atoms with E-state index < -0.39 is 0 Å². The van der Waals surface area contributed by atoms with Crippen molar-refractivity contribution in [2.24, 2.45) is 0 Å². The highest BCUT2D eigenvalue weighted by Crippen LogP contribution is 2.19. The molecule has 120 valence electrons. The van der Waals surface area contributed by atoms with Crippen LogP contribution in [-0.2, 0) is 13.2 Å². The smallest absolute Gasteiger partial charge is 0.129 e. The summed E-state index contributed by atoms with van der Waals surface area (Å²) in [5.41, 5.74) is 1.13. The second-order valence-electron chi connectivity index (χ2n) is 5.21. The van der Waals surface area contributed by atoms with Crippen LogP contribution in [0.2, 0.25) is 5.02 Å². The van der Waals surface area contributed by atoms with Crippen LogP contribution < -0.4 is 5.32 Å². The minimum Gasteiger partial charge on any atom is -0.462 e. The molecule has 0 aliphatic rings. The molecule has 3 aromatic rings. The predicted molar refractivity (Wildman–Crippen MR) is 88.2 cm³/mol. The van der Waals surface area contributed by atoms with Gasteiger partial charge in [0, 0.05) is 24.0 Å². The van der Waals surface area contributed by atoms with Gasteiger partial charge in [-0.05, 0) is 35.9 Å². The van der Waals surface area contributed by atoms with Gasteiger partial charge in [-0.15, -0.1) is 0 Å². The van der Waals surface area contributed by atoms with E-state index in [-0.39, 0.29) is 12.6 Å². The fraction of sp³-hybridized carbons (Fsp3) is 0.235. The normalized spacial score (nSPS) is 12.4. The number of hydrogen-bond donors (Lipinski definition) is 2. The lowest BCUT2D eigenvalue weighted by atomic mass is 10.1. The zero-order valence-corrected chi connectivity index (χ0v) is 13.3. The summed E-state index contributed by atoms with van der Waals surface area (Å²) in [7, 11) is 0. The Bertz CT molecular complexity index is 723. The Labute approximate surface area is 139 Å². The standard InChI is InChI=1S/C17H18ClN3O2/c18-14-4-2-13(3-5-14)17(21-9-1-8-20-21)11-19-10-15-6-7-16(12-22)23-15/h1-9,17,19,22H,10-12H2/t17-/m1/s1. The minimum absolute atomic E-state index is 0.0644. The number of furan rings is 1. The number of aliphatic hydroxyl groups excluding tert-OH is 1. The van der Waals surface area contributed by atoms with Gasteiger partial charge < -0.3 is 14.8 Å². The molecule has 0 aliphatic heterocycles. The average molecular weight is 332 g/mol. The van der Waals surface area contributed by atoms with Crippen LogP contribution in [0.5, 0.6) is 0 Å². The molecule has 1 atom stereocenters. The van der Waals surface area contributed by atoms with Crippen LogP contribution in [0.4, 0.5) is 0 Å². The van der Waals surface area contributed by atoms with Crippen molar-refractivity contribution in [3.63, 3.8) is 0 Å². The highest BCUT2D eigenvalue weighted by molar-refractivity contribution is 6.30. The maximum atomic E-state index is 9.02. The summed E-state index contributed by atoms with van der Waals surface area (Å²) >= 11 is 5.97. The first-order valence-electron chi connectivity index (χ1n) is 7.40. The van der Waals surface area contributed by atoms with E-state index in [1.54, 1.807) is 12.3 Å². The molecule has 0 spiro atoms. The molecular weight excluding hydrogens is 314 g/mol. The van der Waals surface area contributed by atoms with Crippen molar-refractivity contribution in [1.82, 2.24) is 15.1 Å². The molecular formula is C17H18ClN3O2. The molecule has 2 aromatic heterocycles. The average Bonchev–Trinajstić information content (AvgIpc) is 3.24. The maximum absolute atomic E-state index is 9.02. The Hall–Kier alpha value is -2.08. The van der Waals surface area contributed by atoms with Crippen LogP contribution >= 0.6 is 11.6 Å². The first kappa shape index (κ1) is 15.8. The molecule has 0 bridgehead atoms. The van der Waals surface area contributed by atoms with E-state index >= 15 is 0 Å². The summed E-state index contributed by atoms with van der Waals surface area (Å²) in [6, 6.07) is 13.4. The monoisotopic (exact) mass is 331 g/mol. The fourth-order valence-electron chi connectivity index (χ4n) is 2.45. The van der Waals surface area contributed by atoms with Gasteiger partial charge in [-0.25, -0.2) is 0 Å². The summed E-state index contributed by atoms with van der Waals surface area (Å²) in [4.78, 5) is 0. The Morgan fingerprint density at radius 1 is 1.17 bits per heavy atom. The molecule has 2 heterocycles. The van der Waals surface area contributed by atoms with Gasteiger partial charge in [0.1, 0.15) is 18.1 Å². The van der Waals surface area contributed by atoms with E-state index in [0.717, 1.165) is 11.3 Å². The number of halogens is 1. The minimum atomic E-state index is -0.0827. The molecule has 2 N–H and O–H groups in total. The van der Waals surface area contributed by atoms with Gasteiger partial charge in [0.25, 0.3) is 0 Å². The molecule has 5 nitrogen and oxygen atoms in total. The Balaban J connectivity index is 1.68. The zero-order valence-electron chi connectivity index (χ0n) is 12.5. The van der Waals surface area contributed by atoms with Crippen molar-refractivity contribution < 1.29 is 9.52 Å². The molecule has 0 fully saturated rings. The molecule has 0 amide bonds. The predicted octanol–water partition coefficient (Wildman–Crippen LogP) is 3.00. The number of hydrogen-bond acceptors (Lipinski definition) is 4. The van der Waals surface area contributed by atoms with Gasteiger partial charge in [0.2, 0.25) is 0 Å². The van der Waals surface area contributed by atoms with Gasteiger partial charge in [0.15, 0.2) is 0 Å². The molecule has 0 unspecified atom stereocenters. The number of rotatable bonds is 7. The van der Waals surface area contributed by atoms with Gasteiger partial charge >= 0.3 is 0 Å². The van der Waals surface area contributed by atoms with Crippen LogP contribution in [0.1, 0.15) is 23.1 Å². The Morgan fingerprint density at radius 3 is 2.61 bits per heavy atom. The van der Waals surface area contributed by atoms with Crippen molar-refractivity contribution in [2.75, 3.05) is 6.54 Å². The summed E-state index contributed by atoms with van der Waals surface area (Å²) in [5, 5.41) is 17.5. The van der Waals surface area contributed by atoms with E-state index in [0.29, 0.717) is 23.9 Å². The SMILES string of the molecule is OCc1ccc(CNC[C@H](c2ccc(Cl)cc2)n2cccn2)o1. The number of nitrogens with zero attached hydrogens (tertiary/aromatic N) is 2. The largest absolute Gasteiger partial charge is 0.462 e. The lowest BCUT2D eigenvalue weighted by Gasteiger charge is -2.18. The lowest BCUT2D eigenvalue weighted by Crippen LogP contribution is -2.26. The summed E-state index contributed by atoms with van der Waals surface area (Å²) in [6.45, 7) is 1.20. The number of nitrogens with one attached hydrogen (secondary N) is 1. The van der Waals surface area contributed by atoms with Crippen LogP contribution in [0, 0.1) is 0 Å². The zero-order chi connectivity index (χ0) is 16.1. The second kappa shape index (κ2) is 7.46. The first-order chi connectivity index (χ1) is 11.3. The van der Waals surface area contributed by atoms with Crippen molar-refractivity contribution >= 4 is 11.6 Å². The summed E-state index contributed by atoms with van der Waals surface area (Å²) in [6.07, 6.45) is 3.71. The highest BCUT2D eigenvalue weighted by Gasteiger charge is 2.14. The fourth-order valence-corrected chi connectivity index (χ4v) is 2.57. The van der Waals surface area contributed by atoms with Gasteiger partial charge in [0.05, 0.1) is 12.6 Å². The molecule has 3 rings (SSSR count). The van der Waals surface area contributed by atoms with E-state index in [9.17, 15) is 0 Å². The second-order valence-corrected chi connectivity index (χ2v) is 5.65. The van der Waals surface area contributed by atoms with Gasteiger partial charge in [-0.3, -0.25) is 4.68 Å². The van der Waals surface area contributed by atoms with Crippen LogP contribution in [0.25, 0.3) is 0 Å². The molecule has 6 heteroatoms. The maximum Gasteiger partial charge on any atom is 0.129 e. The third kappa shape index (κ3) is 4.01. The molecule has 0 radical (unpaired) electrons. The van der Waals surface area contributed by atoms with Gasteiger partial charge in [-0.2, -0.15) is 5.10 Å². The third-order valence-corrected chi connectivity index (χ3v) is 3.86. The number of aliphatic hydroxyl groups is 1. The quantitative estimate of drug-likeness (QED) is 0.698. The Kier molecular flexibility index (Phi) is 5.12. The van der Waals surface area contributed by atoms with Crippen molar-refractivity contribution in [3.8, 4) is 0 Å². The lowest BCUT2D eigenvalue weighted by molar-refractivity contribution is 0.242. The van der Waals surface area contributed by atoms with Crippen LogP contribution in [-0.4, -0.2) is 21.4 Å². The molecule has 0 saturated heterocycles. The highest BCUT2D eigenvalue weighted by atomic mass is 35.5. The molecule has 1 aromatic carbocycles. The first-order valence-corrected chi connectivity index (χ1v) is 7.78. The molecule has 23 heavy (non-hydrogen) atoms. The summed E-state index contributed by atoms with van der Waals surface area (Å²) in [5.74, 6) is 1.37. The summed E-state index contributed by atoms with van der Waals surface area (Å²) < 4.78 is 7.39. The van der Waals surface area contributed by atoms with Crippen molar-refractivity contribution in [1.29, 1.82) is 0 Å². The van der Waals surface area contributed by atoms with E-state index in [1.165, 1.54) is 0 Å². The van der Waals surface area contributed by atoms with Crippen LogP contribution in [0.15, 0.2) is 59.3 Å². The van der Waals surface area contributed by atoms with E-state index in [2.05, 4.69) is 10.4 Å². The van der Waals surface area contributed by atoms with E-state index in [1.807, 2.05) is 47.3 Å². The van der Waals surface area contributed by atoms with Gasteiger partial charge in [-0.1, -0.05) is 23.7 Å². The Morgan fingerprint density at radius 2 is 1.96 bits per heavy atom. The molecule has 0 saturated carbocycles. The topological polar surface area (TPSA) is 63.2 Å². The number of benzene rings is 1. The van der Waals surface area contributed by atoms with E-state index in [4.69, 9.17) is 21.1 Å². The van der Waals surface area contributed by atoms with Crippen molar-refractivity contribution in [3.05, 3.63) is 77.0 Å². The number of aromatic nitrogens is 2. The molecule has 0 aliphatic carbocycles. The van der Waals surface area contributed by atoms with Crippen molar-refractivity contribution in [2.45, 2.75) is 19.2 Å². The van der Waals surface area contributed by atoms with Crippen LogP contribution in [0.3, 0.4) is 0 Å². The third-order valence-electron chi connectivity index (χ3n) is 3.61.